The van der Waals surface area contributed by atoms with Crippen molar-refractivity contribution in [2.24, 2.45) is 11.7 Å². The predicted molar refractivity (Wildman–Crippen MR) is 169 cm³/mol. The Balaban J connectivity index is 1.50. The molecular weight excluding hydrogens is 641 g/mol. The molecule has 4 unspecified atom stereocenters. The van der Waals surface area contributed by atoms with Crippen LogP contribution < -0.4 is 10.6 Å². The molecule has 0 aliphatic carbocycles. The van der Waals surface area contributed by atoms with Crippen LogP contribution in [0.4, 0.5) is 5.69 Å². The highest BCUT2D eigenvalue weighted by atomic mass is 127. The van der Waals surface area contributed by atoms with E-state index in [9.17, 15) is 14.4 Å². The standard InChI is InChI=1S/C34H26IN3O4/c1-19-23-11-5-7-13-25(23)27(26-14-8-6-12-24(19)26)30-28-31(34(41)37(33(28)40)22-17-15-21(35)16-18-22)42-38(30)29(32(36)39)20-9-3-2-4-10-20/h2-18,28-31H,1H3,(H2,36,39). The van der Waals surface area contributed by atoms with E-state index in [-0.39, 0.29) is 5.91 Å². The van der Waals surface area contributed by atoms with Crippen LogP contribution in [-0.4, -0.2) is 28.9 Å². The molecule has 4 atom stereocenters. The lowest BCUT2D eigenvalue weighted by molar-refractivity contribution is -0.196. The number of amides is 3. The number of hydrogen-bond donors (Lipinski definition) is 1. The maximum absolute atomic E-state index is 14.4. The number of anilines is 1. The molecule has 0 bridgehead atoms. The summed E-state index contributed by atoms with van der Waals surface area (Å²) in [6.07, 6.45) is -1.12. The first-order chi connectivity index (χ1) is 20.4. The van der Waals surface area contributed by atoms with Crippen molar-refractivity contribution < 1.29 is 19.2 Å². The number of nitrogens with zero attached hydrogens (tertiary/aromatic N) is 2. The van der Waals surface area contributed by atoms with E-state index >= 15 is 0 Å². The normalized spacial score (nSPS) is 21.3. The highest BCUT2D eigenvalue weighted by Gasteiger charge is 2.62. The van der Waals surface area contributed by atoms with E-state index in [0.717, 1.165) is 36.2 Å². The number of hydrogen-bond acceptors (Lipinski definition) is 5. The molecule has 2 heterocycles. The molecule has 7 rings (SSSR count). The molecule has 42 heavy (non-hydrogen) atoms. The topological polar surface area (TPSA) is 92.9 Å². The molecule has 5 aromatic carbocycles. The summed E-state index contributed by atoms with van der Waals surface area (Å²) >= 11 is 2.18. The van der Waals surface area contributed by atoms with E-state index in [1.54, 1.807) is 24.3 Å². The Hall–Kier alpha value is -4.12. The first-order valence-electron chi connectivity index (χ1n) is 13.7. The van der Waals surface area contributed by atoms with E-state index in [0.29, 0.717) is 11.3 Å². The largest absolute Gasteiger partial charge is 0.368 e. The SMILES string of the molecule is Cc1c2ccccc2c(C2C3C(=O)N(c4ccc(I)cc4)C(=O)C3ON2C(C(N)=O)c2ccccc2)c2ccccc12. The van der Waals surface area contributed by atoms with Crippen LogP contribution in [0.5, 0.6) is 0 Å². The summed E-state index contributed by atoms with van der Waals surface area (Å²) in [5.41, 5.74) is 9.09. The molecule has 0 saturated carbocycles. The fourth-order valence-electron chi connectivity index (χ4n) is 6.58. The second-order valence-electron chi connectivity index (χ2n) is 10.7. The molecule has 5 aromatic rings. The summed E-state index contributed by atoms with van der Waals surface area (Å²) in [5, 5.41) is 5.42. The van der Waals surface area contributed by atoms with Crippen LogP contribution in [0.25, 0.3) is 21.5 Å². The molecule has 8 heteroatoms. The number of rotatable bonds is 5. The molecule has 2 fully saturated rings. The molecule has 2 saturated heterocycles. The van der Waals surface area contributed by atoms with Gasteiger partial charge in [0.2, 0.25) is 11.8 Å². The lowest BCUT2D eigenvalue weighted by Crippen LogP contribution is -2.42. The molecule has 2 aliphatic heterocycles. The van der Waals surface area contributed by atoms with Gasteiger partial charge in [0.15, 0.2) is 6.10 Å². The molecule has 0 aromatic heterocycles. The number of fused-ring (bicyclic) bond motifs is 3. The van der Waals surface area contributed by atoms with E-state index in [4.69, 9.17) is 10.6 Å². The number of carbonyl (C=O) groups excluding carboxylic acids is 3. The maximum Gasteiger partial charge on any atom is 0.265 e. The van der Waals surface area contributed by atoms with E-state index in [2.05, 4.69) is 41.6 Å². The van der Waals surface area contributed by atoms with E-state index < -0.39 is 35.9 Å². The van der Waals surface area contributed by atoms with Gasteiger partial charge in [-0.05, 0) is 92.0 Å². The highest BCUT2D eigenvalue weighted by Crippen LogP contribution is 2.52. The molecule has 0 radical (unpaired) electrons. The Morgan fingerprint density at radius 3 is 1.90 bits per heavy atom. The number of benzene rings is 5. The van der Waals surface area contributed by atoms with Gasteiger partial charge in [-0.25, -0.2) is 4.90 Å². The van der Waals surface area contributed by atoms with Crippen molar-refractivity contribution in [3.63, 3.8) is 0 Å². The average molecular weight is 668 g/mol. The first kappa shape index (κ1) is 26.8. The van der Waals surface area contributed by atoms with Crippen molar-refractivity contribution in [2.75, 3.05) is 4.90 Å². The smallest absolute Gasteiger partial charge is 0.265 e. The van der Waals surface area contributed by atoms with Crippen LogP contribution in [0.2, 0.25) is 0 Å². The van der Waals surface area contributed by atoms with Gasteiger partial charge in [0, 0.05) is 3.57 Å². The van der Waals surface area contributed by atoms with Gasteiger partial charge in [-0.15, -0.1) is 0 Å². The third-order valence-electron chi connectivity index (χ3n) is 8.41. The number of nitrogens with two attached hydrogens (primary N) is 1. The first-order valence-corrected chi connectivity index (χ1v) is 14.8. The molecule has 0 spiro atoms. The molecule has 208 valence electrons. The molecular formula is C34H26IN3O4. The van der Waals surface area contributed by atoms with Crippen LogP contribution >= 0.6 is 22.6 Å². The second-order valence-corrected chi connectivity index (χ2v) is 11.9. The quantitative estimate of drug-likeness (QED) is 0.142. The predicted octanol–water partition coefficient (Wildman–Crippen LogP) is 5.98. The average Bonchev–Trinajstić information content (AvgIpc) is 3.49. The fourth-order valence-corrected chi connectivity index (χ4v) is 6.94. The Morgan fingerprint density at radius 1 is 0.786 bits per heavy atom. The van der Waals surface area contributed by atoms with Gasteiger partial charge in [0.1, 0.15) is 6.04 Å². The Morgan fingerprint density at radius 2 is 1.33 bits per heavy atom. The van der Waals surface area contributed by atoms with E-state index in [1.807, 2.05) is 66.7 Å². The van der Waals surface area contributed by atoms with Gasteiger partial charge >= 0.3 is 0 Å². The Kier molecular flexibility index (Phi) is 6.56. The van der Waals surface area contributed by atoms with Crippen molar-refractivity contribution in [1.29, 1.82) is 0 Å². The molecule has 3 amide bonds. The van der Waals surface area contributed by atoms with Gasteiger partial charge in [0.25, 0.3) is 5.91 Å². The monoisotopic (exact) mass is 667 g/mol. The second kappa shape index (κ2) is 10.3. The van der Waals surface area contributed by atoms with E-state index in [1.165, 1.54) is 9.96 Å². The molecule has 2 N–H and O–H groups in total. The van der Waals surface area contributed by atoms with Gasteiger partial charge in [0.05, 0.1) is 17.6 Å². The lowest BCUT2D eigenvalue weighted by Gasteiger charge is -2.33. The minimum Gasteiger partial charge on any atom is -0.368 e. The number of halogens is 1. The number of aryl methyl sites for hydroxylation is 1. The van der Waals surface area contributed by atoms with Crippen molar-refractivity contribution in [2.45, 2.75) is 25.1 Å². The van der Waals surface area contributed by atoms with Crippen molar-refractivity contribution in [3.8, 4) is 0 Å². The fraction of sp³-hybridized carbons (Fsp3) is 0.147. The van der Waals surface area contributed by atoms with Crippen LogP contribution in [-0.2, 0) is 19.2 Å². The minimum atomic E-state index is -1.12. The zero-order valence-corrected chi connectivity index (χ0v) is 24.8. The summed E-state index contributed by atoms with van der Waals surface area (Å²) in [7, 11) is 0. The zero-order chi connectivity index (χ0) is 29.1. The third kappa shape index (κ3) is 4.05. The number of primary amides is 1. The summed E-state index contributed by atoms with van der Waals surface area (Å²) in [6, 6.07) is 30.6. The van der Waals surface area contributed by atoms with Crippen LogP contribution in [0.1, 0.15) is 28.8 Å². The van der Waals surface area contributed by atoms with Crippen molar-refractivity contribution in [3.05, 3.63) is 123 Å². The van der Waals surface area contributed by atoms with Gasteiger partial charge < -0.3 is 5.73 Å². The van der Waals surface area contributed by atoms with Gasteiger partial charge in [-0.2, -0.15) is 5.06 Å². The lowest BCUT2D eigenvalue weighted by atomic mass is 9.82. The number of hydroxylamine groups is 2. The van der Waals surface area contributed by atoms with Gasteiger partial charge in [-0.1, -0.05) is 78.9 Å². The molecule has 7 nitrogen and oxygen atoms in total. The zero-order valence-electron chi connectivity index (χ0n) is 22.6. The summed E-state index contributed by atoms with van der Waals surface area (Å²) in [5.74, 6) is -2.38. The Bertz CT molecular complexity index is 1840. The summed E-state index contributed by atoms with van der Waals surface area (Å²) in [6.45, 7) is 2.08. The van der Waals surface area contributed by atoms with Crippen LogP contribution in [0.3, 0.4) is 0 Å². The maximum atomic E-state index is 14.4. The van der Waals surface area contributed by atoms with Crippen LogP contribution in [0.15, 0.2) is 103 Å². The number of carbonyl (C=O) groups is 3. The summed E-state index contributed by atoms with van der Waals surface area (Å²) < 4.78 is 0.987. The summed E-state index contributed by atoms with van der Waals surface area (Å²) in [4.78, 5) is 49.1. The third-order valence-corrected chi connectivity index (χ3v) is 9.13. The number of imide groups is 1. The Labute approximate surface area is 255 Å². The van der Waals surface area contributed by atoms with Crippen molar-refractivity contribution >= 4 is 67.5 Å². The van der Waals surface area contributed by atoms with Gasteiger partial charge in [-0.3, -0.25) is 19.2 Å². The molecule has 2 aliphatic rings. The highest BCUT2D eigenvalue weighted by molar-refractivity contribution is 14.1. The minimum absolute atomic E-state index is 0.372. The van der Waals surface area contributed by atoms with Crippen molar-refractivity contribution in [1.82, 2.24) is 5.06 Å². The van der Waals surface area contributed by atoms with Crippen LogP contribution in [0, 0.1) is 16.4 Å².